The number of ether oxygens (including phenoxy) is 1. The molecule has 1 atom stereocenters. The summed E-state index contributed by atoms with van der Waals surface area (Å²) in [5, 5.41) is 3.13. The molecule has 0 aromatic heterocycles. The van der Waals surface area contributed by atoms with Crippen LogP contribution in [0.1, 0.15) is 25.5 Å². The fourth-order valence-corrected chi connectivity index (χ4v) is 2.82. The highest BCUT2D eigenvalue weighted by atomic mass is 16.5. The summed E-state index contributed by atoms with van der Waals surface area (Å²) in [5.74, 6) is 1.23. The van der Waals surface area contributed by atoms with Crippen LogP contribution in [0.15, 0.2) is 59.6 Å². The van der Waals surface area contributed by atoms with Crippen LogP contribution in [0.4, 0.5) is 5.69 Å². The molecule has 0 spiro atoms. The third kappa shape index (κ3) is 5.50. The number of likely N-dealkylation sites (N-methyl/N-ethyl adjacent to an activating group) is 1. The maximum Gasteiger partial charge on any atom is 0.193 e. The Morgan fingerprint density at radius 1 is 1.08 bits per heavy atom. The summed E-state index contributed by atoms with van der Waals surface area (Å²) in [6.45, 7) is 6.89. The van der Waals surface area contributed by atoms with Gasteiger partial charge in [-0.3, -0.25) is 9.89 Å². The number of nitrogens with two attached hydrogens (primary N) is 1. The van der Waals surface area contributed by atoms with E-state index in [0.29, 0.717) is 12.5 Å². The molecule has 0 aliphatic heterocycles. The Labute approximate surface area is 150 Å². The second-order valence-electron chi connectivity index (χ2n) is 5.73. The average molecular weight is 340 g/mol. The number of rotatable bonds is 8. The third-order valence-electron chi connectivity index (χ3n) is 4.23. The Morgan fingerprint density at radius 3 is 2.28 bits per heavy atom. The van der Waals surface area contributed by atoms with E-state index in [1.165, 1.54) is 5.56 Å². The molecule has 3 N–H and O–H groups in total. The maximum atomic E-state index is 6.07. The van der Waals surface area contributed by atoms with Crippen molar-refractivity contribution in [2.75, 3.05) is 32.1 Å². The summed E-state index contributed by atoms with van der Waals surface area (Å²) in [6.07, 6.45) is 0. The van der Waals surface area contributed by atoms with Crippen LogP contribution in [0.3, 0.4) is 0 Å². The molecular weight excluding hydrogens is 312 g/mol. The van der Waals surface area contributed by atoms with Crippen molar-refractivity contribution in [3.63, 3.8) is 0 Å². The van der Waals surface area contributed by atoms with Crippen LogP contribution in [0.5, 0.6) is 5.75 Å². The molecule has 5 nitrogen and oxygen atoms in total. The van der Waals surface area contributed by atoms with E-state index in [1.807, 2.05) is 30.3 Å². The van der Waals surface area contributed by atoms with Crippen molar-refractivity contribution in [3.05, 3.63) is 60.2 Å². The van der Waals surface area contributed by atoms with E-state index in [9.17, 15) is 0 Å². The van der Waals surface area contributed by atoms with Crippen molar-refractivity contribution in [1.82, 2.24) is 4.90 Å². The van der Waals surface area contributed by atoms with Crippen molar-refractivity contribution in [1.29, 1.82) is 0 Å². The Balaban J connectivity index is 2.07. The monoisotopic (exact) mass is 340 g/mol. The lowest BCUT2D eigenvalue weighted by molar-refractivity contribution is 0.224. The highest BCUT2D eigenvalue weighted by Gasteiger charge is 2.17. The number of aliphatic imine (C=N–C) groups is 1. The number of nitrogens with one attached hydrogen (secondary N) is 1. The predicted octanol–water partition coefficient (Wildman–Crippen LogP) is 3.50. The molecule has 5 heteroatoms. The summed E-state index contributed by atoms with van der Waals surface area (Å²) in [4.78, 5) is 6.95. The molecule has 0 heterocycles. The number of anilines is 1. The van der Waals surface area contributed by atoms with E-state index in [1.54, 1.807) is 7.11 Å². The molecule has 0 saturated carbocycles. The molecule has 0 aliphatic rings. The van der Waals surface area contributed by atoms with Gasteiger partial charge in [0, 0.05) is 5.69 Å². The Morgan fingerprint density at radius 2 is 1.72 bits per heavy atom. The molecule has 0 amide bonds. The summed E-state index contributed by atoms with van der Waals surface area (Å²) in [7, 11) is 1.65. The Hall–Kier alpha value is -2.53. The lowest BCUT2D eigenvalue weighted by Crippen LogP contribution is -2.32. The van der Waals surface area contributed by atoms with Crippen molar-refractivity contribution < 1.29 is 4.74 Å². The van der Waals surface area contributed by atoms with Gasteiger partial charge in [0.15, 0.2) is 5.96 Å². The van der Waals surface area contributed by atoms with Gasteiger partial charge >= 0.3 is 0 Å². The van der Waals surface area contributed by atoms with E-state index >= 15 is 0 Å². The van der Waals surface area contributed by atoms with Crippen LogP contribution >= 0.6 is 0 Å². The second-order valence-corrected chi connectivity index (χ2v) is 5.73. The molecule has 0 aliphatic carbocycles. The Bertz CT molecular complexity index is 651. The van der Waals surface area contributed by atoms with Crippen LogP contribution in [0.25, 0.3) is 0 Å². The van der Waals surface area contributed by atoms with Gasteiger partial charge in [0.2, 0.25) is 0 Å². The average Bonchev–Trinajstić information content (AvgIpc) is 2.66. The minimum atomic E-state index is 0.215. The summed E-state index contributed by atoms with van der Waals surface area (Å²) in [5.41, 5.74) is 8.22. The van der Waals surface area contributed by atoms with Gasteiger partial charge in [-0.15, -0.1) is 0 Å². The molecular formula is C20H28N4O. The van der Waals surface area contributed by atoms with E-state index < -0.39 is 0 Å². The third-order valence-corrected chi connectivity index (χ3v) is 4.23. The largest absolute Gasteiger partial charge is 0.497 e. The number of hydrogen-bond donors (Lipinski definition) is 2. The lowest BCUT2D eigenvalue weighted by atomic mass is 10.1. The SMILES string of the molecule is CCN(CC)C(CN=C(N)Nc1ccc(OC)cc1)c1ccccc1. The predicted molar refractivity (Wildman–Crippen MR) is 105 cm³/mol. The van der Waals surface area contributed by atoms with Crippen LogP contribution in [0.2, 0.25) is 0 Å². The normalized spacial score (nSPS) is 12.9. The van der Waals surface area contributed by atoms with Crippen molar-refractivity contribution >= 4 is 11.6 Å². The van der Waals surface area contributed by atoms with Gasteiger partial charge in [-0.25, -0.2) is 0 Å². The zero-order valence-corrected chi connectivity index (χ0v) is 15.3. The Kier molecular flexibility index (Phi) is 7.29. The number of nitrogens with zero attached hydrogens (tertiary/aromatic N) is 2. The van der Waals surface area contributed by atoms with E-state index in [0.717, 1.165) is 24.5 Å². The van der Waals surface area contributed by atoms with Crippen LogP contribution in [-0.2, 0) is 0 Å². The fraction of sp³-hybridized carbons (Fsp3) is 0.350. The highest BCUT2D eigenvalue weighted by Crippen LogP contribution is 2.21. The molecule has 2 rings (SSSR count). The van der Waals surface area contributed by atoms with E-state index in [4.69, 9.17) is 10.5 Å². The minimum Gasteiger partial charge on any atom is -0.497 e. The smallest absolute Gasteiger partial charge is 0.193 e. The van der Waals surface area contributed by atoms with Gasteiger partial charge in [-0.2, -0.15) is 0 Å². The fourth-order valence-electron chi connectivity index (χ4n) is 2.82. The van der Waals surface area contributed by atoms with Crippen LogP contribution < -0.4 is 15.8 Å². The molecule has 1 unspecified atom stereocenters. The number of benzene rings is 2. The van der Waals surface area contributed by atoms with Crippen molar-refractivity contribution in [2.45, 2.75) is 19.9 Å². The van der Waals surface area contributed by atoms with Gasteiger partial charge in [0.05, 0.1) is 19.7 Å². The van der Waals surface area contributed by atoms with Gasteiger partial charge in [0.25, 0.3) is 0 Å². The lowest BCUT2D eigenvalue weighted by Gasteiger charge is -2.29. The first-order valence-electron chi connectivity index (χ1n) is 8.67. The number of hydrogen-bond acceptors (Lipinski definition) is 3. The molecule has 134 valence electrons. The van der Waals surface area contributed by atoms with Gasteiger partial charge in [0.1, 0.15) is 5.75 Å². The van der Waals surface area contributed by atoms with Crippen molar-refractivity contribution in [2.24, 2.45) is 10.7 Å². The molecule has 0 saturated heterocycles. The first kappa shape index (κ1) is 18.8. The van der Waals surface area contributed by atoms with E-state index in [-0.39, 0.29) is 6.04 Å². The summed E-state index contributed by atoms with van der Waals surface area (Å²) >= 11 is 0. The van der Waals surface area contributed by atoms with Crippen LogP contribution in [0, 0.1) is 0 Å². The molecule has 0 radical (unpaired) electrons. The van der Waals surface area contributed by atoms with E-state index in [2.05, 4.69) is 53.3 Å². The first-order valence-corrected chi connectivity index (χ1v) is 8.67. The first-order chi connectivity index (χ1) is 12.2. The second kappa shape index (κ2) is 9.69. The van der Waals surface area contributed by atoms with Crippen molar-refractivity contribution in [3.8, 4) is 5.75 Å². The minimum absolute atomic E-state index is 0.215. The molecule has 0 fully saturated rings. The zero-order valence-electron chi connectivity index (χ0n) is 15.3. The summed E-state index contributed by atoms with van der Waals surface area (Å²) < 4.78 is 5.16. The molecule has 0 bridgehead atoms. The van der Waals surface area contributed by atoms with Gasteiger partial charge in [-0.05, 0) is 42.9 Å². The number of methoxy groups -OCH3 is 1. The highest BCUT2D eigenvalue weighted by molar-refractivity contribution is 5.92. The maximum absolute atomic E-state index is 6.07. The standard InChI is InChI=1S/C20H28N4O/c1-4-24(5-2)19(16-9-7-6-8-10-16)15-22-20(21)23-17-11-13-18(25-3)14-12-17/h6-14,19H,4-5,15H2,1-3H3,(H3,21,22,23). The molecule has 2 aromatic carbocycles. The zero-order chi connectivity index (χ0) is 18.1. The quantitative estimate of drug-likeness (QED) is 0.570. The molecule has 2 aromatic rings. The summed E-state index contributed by atoms with van der Waals surface area (Å²) in [6, 6.07) is 18.3. The topological polar surface area (TPSA) is 62.9 Å². The van der Waals surface area contributed by atoms with Gasteiger partial charge in [-0.1, -0.05) is 44.2 Å². The van der Waals surface area contributed by atoms with Crippen LogP contribution in [-0.4, -0.2) is 37.6 Å². The molecule has 25 heavy (non-hydrogen) atoms. The van der Waals surface area contributed by atoms with Gasteiger partial charge < -0.3 is 15.8 Å². The number of guanidine groups is 1.